The summed E-state index contributed by atoms with van der Waals surface area (Å²) in [6, 6.07) is 15.5. The molecule has 1 aliphatic heterocycles. The third-order valence-electron chi connectivity index (χ3n) is 7.51. The number of fused-ring (bicyclic) bond motifs is 3. The summed E-state index contributed by atoms with van der Waals surface area (Å²) in [7, 11) is 1.87. The molecule has 1 N–H and O–H groups in total. The van der Waals surface area contributed by atoms with Gasteiger partial charge in [-0.05, 0) is 68.5 Å². The van der Waals surface area contributed by atoms with Crippen LogP contribution in [-0.4, -0.2) is 58.9 Å². The average Bonchev–Trinajstić information content (AvgIpc) is 3.36. The Labute approximate surface area is 207 Å². The molecular weight excluding hydrogens is 438 g/mol. The molecule has 0 spiro atoms. The van der Waals surface area contributed by atoms with Crippen LogP contribution in [0.1, 0.15) is 72.1 Å². The van der Waals surface area contributed by atoms with Crippen LogP contribution in [0.5, 0.6) is 5.75 Å². The fraction of sp³-hybridized carbons (Fsp3) is 0.448. The number of nitrogens with zero attached hydrogens (tertiary/aromatic N) is 2. The van der Waals surface area contributed by atoms with E-state index in [9.17, 15) is 9.59 Å². The highest BCUT2D eigenvalue weighted by Crippen LogP contribution is 2.31. The maximum atomic E-state index is 13.9. The minimum atomic E-state index is -0.133. The van der Waals surface area contributed by atoms with Crippen molar-refractivity contribution in [1.82, 2.24) is 14.8 Å². The fourth-order valence-corrected chi connectivity index (χ4v) is 5.54. The zero-order chi connectivity index (χ0) is 24.2. The molecule has 5 rings (SSSR count). The van der Waals surface area contributed by atoms with E-state index in [1.54, 1.807) is 4.90 Å². The highest BCUT2D eigenvalue weighted by atomic mass is 16.5. The van der Waals surface area contributed by atoms with E-state index < -0.39 is 0 Å². The Bertz CT molecular complexity index is 1190. The molecule has 2 aromatic carbocycles. The Morgan fingerprint density at radius 3 is 2.63 bits per heavy atom. The third kappa shape index (κ3) is 5.07. The van der Waals surface area contributed by atoms with Crippen molar-refractivity contribution >= 4 is 22.7 Å². The van der Waals surface area contributed by atoms with Crippen molar-refractivity contribution in [2.75, 3.05) is 20.1 Å². The van der Waals surface area contributed by atoms with Crippen molar-refractivity contribution in [2.45, 2.75) is 63.5 Å². The van der Waals surface area contributed by atoms with Gasteiger partial charge < -0.3 is 19.5 Å². The largest absolute Gasteiger partial charge is 0.487 e. The van der Waals surface area contributed by atoms with Gasteiger partial charge in [-0.15, -0.1) is 0 Å². The quantitative estimate of drug-likeness (QED) is 0.497. The SMILES string of the molecule is CN1CCCCCCN(C(=O)c2ccc3[nH]ccc3c2)[C@@H]2CCCC[C@@H]2Oc2ccccc2C1=O. The lowest BCUT2D eigenvalue weighted by Crippen LogP contribution is -2.51. The van der Waals surface area contributed by atoms with Crippen LogP contribution < -0.4 is 4.74 Å². The number of hydrogen-bond acceptors (Lipinski definition) is 3. The summed E-state index contributed by atoms with van der Waals surface area (Å²) >= 11 is 0. The summed E-state index contributed by atoms with van der Waals surface area (Å²) in [4.78, 5) is 34.2. The molecule has 2 heterocycles. The Balaban J connectivity index is 1.48. The van der Waals surface area contributed by atoms with Crippen LogP contribution in [0.3, 0.4) is 0 Å². The molecule has 184 valence electrons. The topological polar surface area (TPSA) is 65.6 Å². The first kappa shape index (κ1) is 23.5. The van der Waals surface area contributed by atoms with Crippen molar-refractivity contribution in [3.63, 3.8) is 0 Å². The van der Waals surface area contributed by atoms with Gasteiger partial charge in [-0.3, -0.25) is 9.59 Å². The van der Waals surface area contributed by atoms with Gasteiger partial charge in [-0.1, -0.05) is 31.4 Å². The summed E-state index contributed by atoms with van der Waals surface area (Å²) in [5.74, 6) is 0.696. The zero-order valence-corrected chi connectivity index (χ0v) is 20.5. The predicted octanol–water partition coefficient (Wildman–Crippen LogP) is 5.65. The highest BCUT2D eigenvalue weighted by Gasteiger charge is 2.35. The fourth-order valence-electron chi connectivity index (χ4n) is 5.54. The number of nitrogens with one attached hydrogen (secondary N) is 1. The normalized spacial score (nSPS) is 22.1. The van der Waals surface area contributed by atoms with Gasteiger partial charge >= 0.3 is 0 Å². The van der Waals surface area contributed by atoms with Crippen LogP contribution in [0.2, 0.25) is 0 Å². The minimum absolute atomic E-state index is 0.00208. The molecule has 0 unspecified atom stereocenters. The van der Waals surface area contributed by atoms with Crippen molar-refractivity contribution in [3.05, 3.63) is 65.9 Å². The molecule has 35 heavy (non-hydrogen) atoms. The van der Waals surface area contributed by atoms with Crippen molar-refractivity contribution < 1.29 is 14.3 Å². The molecule has 2 atom stereocenters. The Kier molecular flexibility index (Phi) is 7.07. The van der Waals surface area contributed by atoms with E-state index in [-0.39, 0.29) is 24.0 Å². The molecule has 0 radical (unpaired) electrons. The molecule has 1 saturated carbocycles. The van der Waals surface area contributed by atoms with Crippen LogP contribution in [-0.2, 0) is 0 Å². The van der Waals surface area contributed by atoms with Crippen LogP contribution in [0, 0.1) is 0 Å². The van der Waals surface area contributed by atoms with Gasteiger partial charge in [0.25, 0.3) is 11.8 Å². The summed E-state index contributed by atoms with van der Waals surface area (Å²) in [6.45, 7) is 1.45. The summed E-state index contributed by atoms with van der Waals surface area (Å²) in [5.41, 5.74) is 2.36. The van der Waals surface area contributed by atoms with E-state index in [1.807, 2.05) is 61.8 Å². The van der Waals surface area contributed by atoms with E-state index >= 15 is 0 Å². The second-order valence-corrected chi connectivity index (χ2v) is 9.92. The highest BCUT2D eigenvalue weighted by molar-refractivity contribution is 5.98. The molecule has 1 aromatic heterocycles. The maximum Gasteiger partial charge on any atom is 0.257 e. The van der Waals surface area contributed by atoms with Gasteiger partial charge in [0.2, 0.25) is 0 Å². The molecule has 1 aliphatic carbocycles. The van der Waals surface area contributed by atoms with Crippen molar-refractivity contribution in [1.29, 1.82) is 0 Å². The zero-order valence-electron chi connectivity index (χ0n) is 20.5. The maximum absolute atomic E-state index is 13.9. The first-order valence-corrected chi connectivity index (χ1v) is 13.0. The summed E-state index contributed by atoms with van der Waals surface area (Å²) in [6.07, 6.45) is 9.70. The molecule has 0 bridgehead atoms. The Hall–Kier alpha value is -3.28. The lowest BCUT2D eigenvalue weighted by Gasteiger charge is -2.40. The lowest BCUT2D eigenvalue weighted by molar-refractivity contribution is 0.0268. The standard InChI is InChI=1S/C29H35N3O3/c1-31-18-8-2-3-9-19-32(28(33)22-14-15-24-21(20-22)16-17-30-24)25-11-5-7-13-27(25)35-26-12-6-4-10-23(26)29(31)34/h4,6,10,12,14-17,20,25,27,30H,2-3,5,7-9,11,13,18-19H2,1H3/t25-,27+/m1/s1. The number of H-pyrrole nitrogens is 1. The van der Waals surface area contributed by atoms with Crippen molar-refractivity contribution in [3.8, 4) is 5.75 Å². The minimum Gasteiger partial charge on any atom is -0.487 e. The molecule has 2 amide bonds. The predicted molar refractivity (Wildman–Crippen MR) is 138 cm³/mol. The number of para-hydroxylation sites is 1. The second-order valence-electron chi connectivity index (χ2n) is 9.92. The number of benzene rings is 2. The van der Waals surface area contributed by atoms with Crippen LogP contribution in [0.25, 0.3) is 10.9 Å². The molecule has 2 aliphatic rings. The number of aromatic amines is 1. The van der Waals surface area contributed by atoms with Crippen LogP contribution >= 0.6 is 0 Å². The molecule has 0 saturated heterocycles. The molecule has 6 heteroatoms. The van der Waals surface area contributed by atoms with Crippen LogP contribution in [0.15, 0.2) is 54.7 Å². The van der Waals surface area contributed by atoms with E-state index in [2.05, 4.69) is 9.88 Å². The van der Waals surface area contributed by atoms with Gasteiger partial charge in [0.05, 0.1) is 11.6 Å². The summed E-state index contributed by atoms with van der Waals surface area (Å²) < 4.78 is 6.59. The molecule has 3 aromatic rings. The van der Waals surface area contributed by atoms with E-state index in [1.165, 1.54) is 0 Å². The van der Waals surface area contributed by atoms with Gasteiger partial charge in [0.1, 0.15) is 11.9 Å². The van der Waals surface area contributed by atoms with Gasteiger partial charge in [0, 0.05) is 42.8 Å². The smallest absolute Gasteiger partial charge is 0.257 e. The number of carbonyl (C=O) groups excluding carboxylic acids is 2. The van der Waals surface area contributed by atoms with Gasteiger partial charge in [-0.25, -0.2) is 0 Å². The van der Waals surface area contributed by atoms with Crippen LogP contribution in [0.4, 0.5) is 0 Å². The van der Waals surface area contributed by atoms with Gasteiger partial charge in [0.15, 0.2) is 0 Å². The molecular formula is C29H35N3O3. The van der Waals surface area contributed by atoms with Crippen molar-refractivity contribution in [2.24, 2.45) is 0 Å². The van der Waals surface area contributed by atoms with E-state index in [0.717, 1.165) is 80.9 Å². The number of rotatable bonds is 1. The van der Waals surface area contributed by atoms with Gasteiger partial charge in [-0.2, -0.15) is 0 Å². The Morgan fingerprint density at radius 2 is 1.74 bits per heavy atom. The third-order valence-corrected chi connectivity index (χ3v) is 7.51. The second kappa shape index (κ2) is 10.5. The molecule has 1 fully saturated rings. The number of ether oxygens (including phenoxy) is 1. The first-order valence-electron chi connectivity index (χ1n) is 13.0. The van der Waals surface area contributed by atoms with E-state index in [0.29, 0.717) is 11.3 Å². The molecule has 6 nitrogen and oxygen atoms in total. The Morgan fingerprint density at radius 1 is 0.943 bits per heavy atom. The number of hydrogen-bond donors (Lipinski definition) is 1. The number of aromatic nitrogens is 1. The van der Waals surface area contributed by atoms with E-state index in [4.69, 9.17) is 4.74 Å². The number of carbonyl (C=O) groups is 2. The number of amides is 2. The monoisotopic (exact) mass is 473 g/mol. The lowest BCUT2D eigenvalue weighted by atomic mass is 9.90. The first-order chi connectivity index (χ1) is 17.1. The average molecular weight is 474 g/mol. The summed E-state index contributed by atoms with van der Waals surface area (Å²) in [5, 5.41) is 1.05.